The summed E-state index contributed by atoms with van der Waals surface area (Å²) in [6.45, 7) is 2.09. The van der Waals surface area contributed by atoms with Gasteiger partial charge in [-0.25, -0.2) is 16.8 Å². The number of anilines is 2. The number of aromatic nitrogens is 1. The monoisotopic (exact) mass is 325 g/mol. The van der Waals surface area contributed by atoms with E-state index in [9.17, 15) is 16.8 Å². The van der Waals surface area contributed by atoms with Crippen LogP contribution in [0.3, 0.4) is 0 Å². The average Bonchev–Trinajstić information content (AvgIpc) is 2.72. The number of nitrogens with zero attached hydrogens (tertiary/aromatic N) is 2. The van der Waals surface area contributed by atoms with Gasteiger partial charge in [0.25, 0.3) is 0 Å². The number of nitrogen functional groups attached to an aromatic ring is 1. The van der Waals surface area contributed by atoms with Crippen molar-refractivity contribution in [1.82, 2.24) is 4.37 Å². The molecule has 0 spiro atoms. The van der Waals surface area contributed by atoms with Gasteiger partial charge in [0.15, 0.2) is 25.5 Å². The normalized spacial score (nSPS) is 19.5. The van der Waals surface area contributed by atoms with E-state index in [1.165, 1.54) is 6.92 Å². The fourth-order valence-corrected chi connectivity index (χ4v) is 5.40. The van der Waals surface area contributed by atoms with E-state index in [1.54, 1.807) is 4.90 Å². The van der Waals surface area contributed by atoms with Gasteiger partial charge in [-0.3, -0.25) is 0 Å². The lowest BCUT2D eigenvalue weighted by Gasteiger charge is -2.27. The molecule has 1 aromatic heterocycles. The first kappa shape index (κ1) is 14.5. The van der Waals surface area contributed by atoms with Crippen LogP contribution in [-0.4, -0.2) is 51.6 Å². The van der Waals surface area contributed by atoms with Gasteiger partial charge in [-0.2, -0.15) is 4.37 Å². The Morgan fingerprint density at radius 2 is 1.95 bits per heavy atom. The van der Waals surface area contributed by atoms with Crippen molar-refractivity contribution in [2.45, 2.75) is 11.8 Å². The zero-order valence-corrected chi connectivity index (χ0v) is 12.8. The molecule has 2 N–H and O–H groups in total. The van der Waals surface area contributed by atoms with Gasteiger partial charge in [0.1, 0.15) is 9.90 Å². The Morgan fingerprint density at radius 3 is 2.47 bits per heavy atom. The molecule has 0 atom stereocenters. The van der Waals surface area contributed by atoms with Crippen LogP contribution in [0.25, 0.3) is 0 Å². The second-order valence-electron chi connectivity index (χ2n) is 4.24. The van der Waals surface area contributed by atoms with Gasteiger partial charge >= 0.3 is 0 Å². The third-order valence-electron chi connectivity index (χ3n) is 2.98. The highest BCUT2D eigenvalue weighted by Gasteiger charge is 2.30. The van der Waals surface area contributed by atoms with Crippen molar-refractivity contribution in [3.05, 3.63) is 0 Å². The lowest BCUT2D eigenvalue weighted by molar-refractivity contribution is 0.586. The Hall–Kier alpha value is -0.870. The molecule has 1 saturated heterocycles. The number of hydrogen-bond donors (Lipinski definition) is 1. The minimum absolute atomic E-state index is 0.00437. The topological polar surface area (TPSA) is 110 Å². The maximum absolute atomic E-state index is 12.0. The van der Waals surface area contributed by atoms with E-state index < -0.39 is 19.7 Å². The SMILES string of the molecule is CCS(=O)(=O)c1c(N)nsc1N1CCS(=O)(=O)CC1. The summed E-state index contributed by atoms with van der Waals surface area (Å²) in [6.07, 6.45) is 0. The summed E-state index contributed by atoms with van der Waals surface area (Å²) in [7, 11) is -6.47. The van der Waals surface area contributed by atoms with E-state index >= 15 is 0 Å². The van der Waals surface area contributed by atoms with Crippen molar-refractivity contribution in [2.75, 3.05) is 41.0 Å². The van der Waals surface area contributed by atoms with Gasteiger partial charge in [-0.1, -0.05) is 6.92 Å². The third kappa shape index (κ3) is 2.84. The molecule has 0 unspecified atom stereocenters. The van der Waals surface area contributed by atoms with Crippen molar-refractivity contribution < 1.29 is 16.8 Å². The minimum atomic E-state index is -3.46. The van der Waals surface area contributed by atoms with Crippen LogP contribution in [-0.2, 0) is 19.7 Å². The molecule has 1 fully saturated rings. The fraction of sp³-hybridized carbons (Fsp3) is 0.667. The molecule has 0 aromatic carbocycles. The van der Waals surface area contributed by atoms with Crippen molar-refractivity contribution in [3.8, 4) is 0 Å². The molecule has 19 heavy (non-hydrogen) atoms. The fourth-order valence-electron chi connectivity index (χ4n) is 1.84. The zero-order valence-electron chi connectivity index (χ0n) is 10.4. The van der Waals surface area contributed by atoms with Crippen molar-refractivity contribution in [1.29, 1.82) is 0 Å². The van der Waals surface area contributed by atoms with Crippen LogP contribution in [0.1, 0.15) is 6.92 Å². The van der Waals surface area contributed by atoms with Crippen LogP contribution in [0.5, 0.6) is 0 Å². The maximum Gasteiger partial charge on any atom is 0.184 e. The molecule has 1 aliphatic rings. The van der Waals surface area contributed by atoms with Gasteiger partial charge in [-0.15, -0.1) is 0 Å². The Morgan fingerprint density at radius 1 is 1.37 bits per heavy atom. The van der Waals surface area contributed by atoms with Gasteiger partial charge in [0.05, 0.1) is 17.3 Å². The first-order valence-electron chi connectivity index (χ1n) is 5.70. The van der Waals surface area contributed by atoms with Crippen LogP contribution in [0, 0.1) is 0 Å². The van der Waals surface area contributed by atoms with Crippen LogP contribution in [0.4, 0.5) is 10.8 Å². The minimum Gasteiger partial charge on any atom is -0.382 e. The summed E-state index contributed by atoms with van der Waals surface area (Å²) >= 11 is 1.00. The lowest BCUT2D eigenvalue weighted by Crippen LogP contribution is -2.40. The molecular weight excluding hydrogens is 310 g/mol. The first-order valence-corrected chi connectivity index (χ1v) is 9.95. The molecule has 2 rings (SSSR count). The van der Waals surface area contributed by atoms with E-state index in [1.807, 2.05) is 0 Å². The number of hydrogen-bond acceptors (Lipinski definition) is 8. The molecule has 7 nitrogen and oxygen atoms in total. The molecule has 1 aromatic rings. The predicted molar refractivity (Wildman–Crippen MR) is 75.1 cm³/mol. The molecule has 0 radical (unpaired) electrons. The Balaban J connectivity index is 2.38. The van der Waals surface area contributed by atoms with Crippen LogP contribution in [0.2, 0.25) is 0 Å². The third-order valence-corrected chi connectivity index (χ3v) is 7.43. The second-order valence-corrected chi connectivity index (χ2v) is 9.51. The van der Waals surface area contributed by atoms with Gasteiger partial charge in [0, 0.05) is 13.1 Å². The molecular formula is C9H15N3O4S3. The van der Waals surface area contributed by atoms with Gasteiger partial charge in [-0.05, 0) is 11.5 Å². The maximum atomic E-state index is 12.0. The molecule has 0 saturated carbocycles. The Labute approximate surface area is 116 Å². The standard InChI is InChI=1S/C9H15N3O4S3/c1-2-19(15,16)7-8(10)11-17-9(7)12-3-5-18(13,14)6-4-12/h2-6H2,1H3,(H2,10,11). The smallest absolute Gasteiger partial charge is 0.184 e. The average molecular weight is 325 g/mol. The van der Waals surface area contributed by atoms with E-state index in [4.69, 9.17) is 5.73 Å². The summed E-state index contributed by atoms with van der Waals surface area (Å²) in [5, 5.41) is 0.453. The molecule has 1 aliphatic heterocycles. The summed E-state index contributed by atoms with van der Waals surface area (Å²) in [6, 6.07) is 0. The molecule has 2 heterocycles. The van der Waals surface area contributed by atoms with Gasteiger partial charge < -0.3 is 10.6 Å². The van der Waals surface area contributed by atoms with E-state index in [0.29, 0.717) is 5.00 Å². The quantitative estimate of drug-likeness (QED) is 0.816. The highest BCUT2D eigenvalue weighted by molar-refractivity contribution is 7.92. The highest BCUT2D eigenvalue weighted by Crippen LogP contribution is 2.35. The second kappa shape index (κ2) is 4.91. The highest BCUT2D eigenvalue weighted by atomic mass is 32.2. The van der Waals surface area contributed by atoms with Crippen LogP contribution < -0.4 is 10.6 Å². The molecule has 10 heteroatoms. The summed E-state index contributed by atoms with van der Waals surface area (Å²) in [4.78, 5) is 1.77. The number of nitrogens with two attached hydrogens (primary N) is 1. The lowest BCUT2D eigenvalue weighted by atomic mass is 10.5. The number of rotatable bonds is 3. The van der Waals surface area contributed by atoms with Crippen molar-refractivity contribution in [3.63, 3.8) is 0 Å². The van der Waals surface area contributed by atoms with Gasteiger partial charge in [0.2, 0.25) is 0 Å². The first-order chi connectivity index (χ1) is 8.77. The summed E-state index contributed by atoms with van der Waals surface area (Å²) < 4.78 is 50.7. The van der Waals surface area contributed by atoms with E-state index in [2.05, 4.69) is 4.37 Å². The Bertz CT molecular complexity index is 664. The van der Waals surface area contributed by atoms with E-state index in [0.717, 1.165) is 11.5 Å². The zero-order chi connectivity index (χ0) is 14.3. The predicted octanol–water partition coefficient (Wildman–Crippen LogP) is -0.246. The molecule has 0 bridgehead atoms. The Kier molecular flexibility index (Phi) is 3.76. The van der Waals surface area contributed by atoms with E-state index in [-0.39, 0.29) is 41.1 Å². The molecule has 0 aliphatic carbocycles. The van der Waals surface area contributed by atoms with Crippen LogP contribution in [0.15, 0.2) is 4.90 Å². The van der Waals surface area contributed by atoms with Crippen LogP contribution >= 0.6 is 11.5 Å². The summed E-state index contributed by atoms with van der Waals surface area (Å²) in [5.74, 6) is -0.0167. The molecule has 0 amide bonds. The largest absolute Gasteiger partial charge is 0.382 e. The number of sulfone groups is 2. The molecule has 108 valence electrons. The van der Waals surface area contributed by atoms with Crippen molar-refractivity contribution >= 4 is 42.0 Å². The summed E-state index contributed by atoms with van der Waals surface area (Å²) in [5.41, 5.74) is 5.64. The van der Waals surface area contributed by atoms with Crippen molar-refractivity contribution in [2.24, 2.45) is 0 Å².